The molecule has 0 spiro atoms. The molecule has 16 heavy (non-hydrogen) atoms. The molecule has 0 fully saturated rings. The number of aromatic carboxylic acids is 1. The van der Waals surface area contributed by atoms with Crippen LogP contribution in [-0.4, -0.2) is 15.6 Å². The van der Waals surface area contributed by atoms with Crippen LogP contribution in [0.25, 0.3) is 10.2 Å². The van der Waals surface area contributed by atoms with Gasteiger partial charge >= 0.3 is 5.97 Å². The molecule has 2 rings (SSSR count). The van der Waals surface area contributed by atoms with Gasteiger partial charge in [0.25, 0.3) is 5.56 Å². The summed E-state index contributed by atoms with van der Waals surface area (Å²) in [5, 5.41) is 9.72. The van der Waals surface area contributed by atoms with E-state index < -0.39 is 11.5 Å². The van der Waals surface area contributed by atoms with E-state index in [0.29, 0.717) is 0 Å². The predicted molar refractivity (Wildman–Crippen MR) is 63.4 cm³/mol. The zero-order valence-corrected chi connectivity index (χ0v) is 9.80. The number of nitrogens with zero attached hydrogens (tertiary/aromatic N) is 1. The normalized spacial score (nSPS) is 10.9. The average molecular weight is 237 g/mol. The number of aromatic nitrogens is 1. The van der Waals surface area contributed by atoms with Crippen molar-refractivity contribution in [3.63, 3.8) is 0 Å². The van der Waals surface area contributed by atoms with Crippen LogP contribution in [-0.2, 0) is 13.5 Å². The fourth-order valence-corrected chi connectivity index (χ4v) is 2.66. The van der Waals surface area contributed by atoms with Gasteiger partial charge in [0.05, 0.1) is 0 Å². The second-order valence-electron chi connectivity index (χ2n) is 3.55. The third-order valence-corrected chi connectivity index (χ3v) is 3.88. The number of aryl methyl sites for hydroxylation is 2. The molecular formula is C11H11NO3S. The maximum atomic E-state index is 11.7. The zero-order valence-electron chi connectivity index (χ0n) is 8.98. The number of fused-ring (bicyclic) bond motifs is 1. The lowest BCUT2D eigenvalue weighted by Gasteiger charge is -2.01. The van der Waals surface area contributed by atoms with Crippen molar-refractivity contribution in [3.05, 3.63) is 32.9 Å². The number of thiophene rings is 1. The van der Waals surface area contributed by atoms with Gasteiger partial charge in [-0.3, -0.25) is 4.79 Å². The van der Waals surface area contributed by atoms with E-state index >= 15 is 0 Å². The monoisotopic (exact) mass is 237 g/mol. The summed E-state index contributed by atoms with van der Waals surface area (Å²) in [5.41, 5.74) is -0.625. The first-order valence-corrected chi connectivity index (χ1v) is 5.72. The number of carboxylic acid groups (broad SMARTS) is 1. The summed E-state index contributed by atoms with van der Waals surface area (Å²) in [4.78, 5) is 24.6. The molecule has 2 aromatic heterocycles. The zero-order chi connectivity index (χ0) is 11.9. The Bertz CT molecular complexity index is 624. The fraction of sp³-hybridized carbons (Fsp3) is 0.273. The van der Waals surface area contributed by atoms with Crippen molar-refractivity contribution in [1.29, 1.82) is 0 Å². The van der Waals surface area contributed by atoms with E-state index in [1.54, 1.807) is 7.05 Å². The standard InChI is InChI=1S/C11H11NO3S/c1-3-7-4-6-5-8(11(14)15)9(13)12(2)10(6)16-7/h4-5H,3H2,1-2H3,(H,14,15). The number of pyridine rings is 1. The van der Waals surface area contributed by atoms with E-state index in [1.165, 1.54) is 22.0 Å². The number of carbonyl (C=O) groups is 1. The van der Waals surface area contributed by atoms with E-state index in [2.05, 4.69) is 0 Å². The summed E-state index contributed by atoms with van der Waals surface area (Å²) < 4.78 is 1.41. The highest BCUT2D eigenvalue weighted by atomic mass is 32.1. The van der Waals surface area contributed by atoms with Gasteiger partial charge in [-0.15, -0.1) is 11.3 Å². The summed E-state index contributed by atoms with van der Waals surface area (Å²) in [6.07, 6.45) is 0.885. The molecular weight excluding hydrogens is 226 g/mol. The van der Waals surface area contributed by atoms with Gasteiger partial charge in [0.2, 0.25) is 0 Å². The molecule has 0 unspecified atom stereocenters. The van der Waals surface area contributed by atoms with Crippen LogP contribution in [0.5, 0.6) is 0 Å². The lowest BCUT2D eigenvalue weighted by atomic mass is 10.2. The van der Waals surface area contributed by atoms with E-state index in [1.807, 2.05) is 13.0 Å². The van der Waals surface area contributed by atoms with Gasteiger partial charge in [0, 0.05) is 17.3 Å². The lowest BCUT2D eigenvalue weighted by Crippen LogP contribution is -2.23. The molecule has 0 saturated carbocycles. The largest absolute Gasteiger partial charge is 0.477 e. The maximum absolute atomic E-state index is 11.7. The molecule has 0 aliphatic carbocycles. The Morgan fingerprint density at radius 2 is 2.19 bits per heavy atom. The van der Waals surface area contributed by atoms with Crippen LogP contribution in [0.2, 0.25) is 0 Å². The summed E-state index contributed by atoms with van der Waals surface area (Å²) in [6, 6.07) is 3.39. The lowest BCUT2D eigenvalue weighted by molar-refractivity contribution is 0.0694. The van der Waals surface area contributed by atoms with Crippen LogP contribution in [0.1, 0.15) is 22.2 Å². The van der Waals surface area contributed by atoms with Crippen LogP contribution in [0.3, 0.4) is 0 Å². The van der Waals surface area contributed by atoms with Gasteiger partial charge in [0.15, 0.2) is 0 Å². The minimum atomic E-state index is -1.17. The van der Waals surface area contributed by atoms with Crippen LogP contribution in [0.4, 0.5) is 0 Å². The molecule has 5 heteroatoms. The molecule has 0 bridgehead atoms. The fourth-order valence-electron chi connectivity index (χ4n) is 1.63. The van der Waals surface area contributed by atoms with Gasteiger partial charge in [-0.25, -0.2) is 4.79 Å². The second kappa shape index (κ2) is 3.75. The smallest absolute Gasteiger partial charge is 0.341 e. The molecule has 0 saturated heterocycles. The minimum absolute atomic E-state index is 0.171. The van der Waals surface area contributed by atoms with Crippen LogP contribution >= 0.6 is 11.3 Å². The second-order valence-corrected chi connectivity index (χ2v) is 4.67. The van der Waals surface area contributed by atoms with Crippen molar-refractivity contribution in [1.82, 2.24) is 4.57 Å². The van der Waals surface area contributed by atoms with Crippen molar-refractivity contribution < 1.29 is 9.90 Å². The van der Waals surface area contributed by atoms with Crippen molar-refractivity contribution >= 4 is 27.5 Å². The number of hydrogen-bond donors (Lipinski definition) is 1. The Hall–Kier alpha value is -1.62. The maximum Gasteiger partial charge on any atom is 0.341 e. The Morgan fingerprint density at radius 1 is 1.50 bits per heavy atom. The van der Waals surface area contributed by atoms with Crippen molar-refractivity contribution in [2.75, 3.05) is 0 Å². The Labute approximate surface area is 95.8 Å². The third-order valence-electron chi connectivity index (χ3n) is 2.51. The molecule has 84 valence electrons. The molecule has 0 atom stereocenters. The van der Waals surface area contributed by atoms with Gasteiger partial charge < -0.3 is 9.67 Å². The summed E-state index contributed by atoms with van der Waals surface area (Å²) >= 11 is 1.53. The molecule has 0 aliphatic heterocycles. The first kappa shape index (κ1) is 10.9. The number of carboxylic acids is 1. The molecule has 0 amide bonds. The van der Waals surface area contributed by atoms with Gasteiger partial charge in [-0.2, -0.15) is 0 Å². The summed E-state index contributed by atoms with van der Waals surface area (Å²) in [5.74, 6) is -1.17. The number of rotatable bonds is 2. The molecule has 0 aromatic carbocycles. The third kappa shape index (κ3) is 1.53. The van der Waals surface area contributed by atoms with Crippen molar-refractivity contribution in [2.45, 2.75) is 13.3 Å². The van der Waals surface area contributed by atoms with Gasteiger partial charge in [-0.1, -0.05) is 6.92 Å². The molecule has 0 aliphatic rings. The first-order chi connectivity index (χ1) is 7.54. The highest BCUT2D eigenvalue weighted by molar-refractivity contribution is 7.18. The van der Waals surface area contributed by atoms with E-state index in [9.17, 15) is 9.59 Å². The average Bonchev–Trinajstić information content (AvgIpc) is 2.66. The van der Waals surface area contributed by atoms with Crippen LogP contribution in [0, 0.1) is 0 Å². The van der Waals surface area contributed by atoms with Crippen molar-refractivity contribution in [3.8, 4) is 0 Å². The predicted octanol–water partition coefficient (Wildman–Crippen LogP) is 1.86. The highest BCUT2D eigenvalue weighted by Crippen LogP contribution is 2.24. The summed E-state index contributed by atoms with van der Waals surface area (Å²) in [6.45, 7) is 2.03. The molecule has 2 heterocycles. The van der Waals surface area contributed by atoms with Crippen LogP contribution < -0.4 is 5.56 Å². The van der Waals surface area contributed by atoms with Crippen molar-refractivity contribution in [2.24, 2.45) is 7.05 Å². The Kier molecular flexibility index (Phi) is 2.55. The van der Waals surface area contributed by atoms with Crippen LogP contribution in [0.15, 0.2) is 16.9 Å². The van der Waals surface area contributed by atoms with Gasteiger partial charge in [0.1, 0.15) is 10.4 Å². The number of hydrogen-bond acceptors (Lipinski definition) is 3. The van der Waals surface area contributed by atoms with E-state index in [-0.39, 0.29) is 5.56 Å². The van der Waals surface area contributed by atoms with Gasteiger partial charge in [-0.05, 0) is 18.6 Å². The quantitative estimate of drug-likeness (QED) is 0.867. The molecule has 2 aromatic rings. The SMILES string of the molecule is CCc1cc2cc(C(=O)O)c(=O)n(C)c2s1. The highest BCUT2D eigenvalue weighted by Gasteiger charge is 2.14. The molecule has 1 N–H and O–H groups in total. The first-order valence-electron chi connectivity index (χ1n) is 4.90. The summed E-state index contributed by atoms with van der Waals surface area (Å²) in [7, 11) is 1.60. The Balaban J connectivity index is 2.85. The minimum Gasteiger partial charge on any atom is -0.477 e. The molecule has 4 nitrogen and oxygen atoms in total. The Morgan fingerprint density at radius 3 is 2.75 bits per heavy atom. The van der Waals surface area contributed by atoms with E-state index in [4.69, 9.17) is 5.11 Å². The topological polar surface area (TPSA) is 59.3 Å². The molecule has 0 radical (unpaired) electrons. The van der Waals surface area contributed by atoms with E-state index in [0.717, 1.165) is 21.5 Å².